The van der Waals surface area contributed by atoms with Crippen molar-refractivity contribution in [1.82, 2.24) is 9.55 Å². The van der Waals surface area contributed by atoms with Gasteiger partial charge in [0, 0.05) is 19.0 Å². The number of unbranched alkanes of at least 4 members (excludes halogenated alkanes) is 1. The van der Waals surface area contributed by atoms with Crippen molar-refractivity contribution in [3.8, 4) is 0 Å². The number of rotatable bonds is 6. The molecule has 0 aliphatic heterocycles. The van der Waals surface area contributed by atoms with Crippen molar-refractivity contribution in [1.29, 1.82) is 0 Å². The van der Waals surface area contributed by atoms with Crippen LogP contribution in [0.3, 0.4) is 0 Å². The van der Waals surface area contributed by atoms with E-state index in [4.69, 9.17) is 28.9 Å². The van der Waals surface area contributed by atoms with Gasteiger partial charge in [-0.25, -0.2) is 9.37 Å². The van der Waals surface area contributed by atoms with Gasteiger partial charge in [0.05, 0.1) is 21.4 Å². The molecule has 2 rings (SSSR count). The number of nitrogens with two attached hydrogens (primary N) is 1. The van der Waals surface area contributed by atoms with Gasteiger partial charge in [-0.15, -0.1) is 11.6 Å². The molecule has 0 radical (unpaired) electrons. The molecule has 0 saturated carbocycles. The van der Waals surface area contributed by atoms with Crippen molar-refractivity contribution in [2.75, 3.05) is 0 Å². The Labute approximate surface area is 132 Å². The summed E-state index contributed by atoms with van der Waals surface area (Å²) >= 11 is 11.9. The second-order valence-electron chi connectivity index (χ2n) is 4.92. The lowest BCUT2D eigenvalue weighted by Gasteiger charge is -2.10. The quantitative estimate of drug-likeness (QED) is 0.646. The molecular formula is C14H16Cl2FN3O. The zero-order valence-corrected chi connectivity index (χ0v) is 13.1. The van der Waals surface area contributed by atoms with E-state index in [0.29, 0.717) is 36.2 Å². The number of aromatic nitrogens is 2. The summed E-state index contributed by atoms with van der Waals surface area (Å²) in [5, 5.41) is -0.273. The number of nitrogens with zero attached hydrogens (tertiary/aromatic N) is 2. The van der Waals surface area contributed by atoms with Crippen LogP contribution in [0.4, 0.5) is 4.39 Å². The number of hydrogen-bond acceptors (Lipinski definition) is 2. The molecule has 0 fully saturated rings. The van der Waals surface area contributed by atoms with Crippen molar-refractivity contribution < 1.29 is 9.18 Å². The molecule has 4 nitrogen and oxygen atoms in total. The number of alkyl halides is 1. The third kappa shape index (κ3) is 3.66. The van der Waals surface area contributed by atoms with Crippen LogP contribution in [0, 0.1) is 5.82 Å². The molecule has 21 heavy (non-hydrogen) atoms. The Kier molecular flexibility index (Phi) is 5.06. The smallest absolute Gasteiger partial charge is 0.217 e. The summed E-state index contributed by atoms with van der Waals surface area (Å²) in [4.78, 5) is 15.2. The second kappa shape index (κ2) is 6.62. The van der Waals surface area contributed by atoms with E-state index in [9.17, 15) is 9.18 Å². The van der Waals surface area contributed by atoms with Crippen LogP contribution in [0.5, 0.6) is 0 Å². The highest BCUT2D eigenvalue weighted by molar-refractivity contribution is 6.31. The summed E-state index contributed by atoms with van der Waals surface area (Å²) in [6.45, 7) is 2.40. The fraction of sp³-hybridized carbons (Fsp3) is 0.429. The fourth-order valence-corrected chi connectivity index (χ4v) is 2.57. The predicted molar refractivity (Wildman–Crippen MR) is 82.0 cm³/mol. The first-order valence-electron chi connectivity index (χ1n) is 6.67. The molecule has 1 heterocycles. The molecule has 0 spiro atoms. The van der Waals surface area contributed by atoms with Crippen molar-refractivity contribution in [2.24, 2.45) is 5.73 Å². The molecule has 7 heteroatoms. The van der Waals surface area contributed by atoms with Gasteiger partial charge in [0.25, 0.3) is 0 Å². The van der Waals surface area contributed by atoms with E-state index in [2.05, 4.69) is 4.98 Å². The van der Waals surface area contributed by atoms with Crippen LogP contribution in [0.1, 0.15) is 37.4 Å². The molecule has 2 aromatic rings. The monoisotopic (exact) mass is 331 g/mol. The van der Waals surface area contributed by atoms with Crippen molar-refractivity contribution in [3.63, 3.8) is 0 Å². The van der Waals surface area contributed by atoms with Crippen molar-refractivity contribution in [3.05, 3.63) is 28.8 Å². The molecule has 1 unspecified atom stereocenters. The van der Waals surface area contributed by atoms with Crippen LogP contribution in [0.25, 0.3) is 11.0 Å². The minimum atomic E-state index is -0.490. The summed E-state index contributed by atoms with van der Waals surface area (Å²) in [6, 6.07) is 2.86. The maximum atomic E-state index is 13.7. The van der Waals surface area contributed by atoms with Crippen LogP contribution in [0.2, 0.25) is 5.02 Å². The molecule has 1 amide bonds. The third-order valence-corrected chi connectivity index (χ3v) is 3.72. The molecule has 0 aliphatic rings. The summed E-state index contributed by atoms with van der Waals surface area (Å²) in [7, 11) is 0. The van der Waals surface area contributed by atoms with E-state index in [0.717, 1.165) is 6.42 Å². The number of primary amides is 1. The van der Waals surface area contributed by atoms with Gasteiger partial charge in [0.1, 0.15) is 11.6 Å². The van der Waals surface area contributed by atoms with E-state index >= 15 is 0 Å². The fourth-order valence-electron chi connectivity index (χ4n) is 2.25. The zero-order chi connectivity index (χ0) is 15.6. The van der Waals surface area contributed by atoms with Gasteiger partial charge in [-0.2, -0.15) is 0 Å². The van der Waals surface area contributed by atoms with Gasteiger partial charge in [0.2, 0.25) is 5.91 Å². The van der Waals surface area contributed by atoms with Crippen LogP contribution in [-0.4, -0.2) is 15.5 Å². The average molecular weight is 332 g/mol. The number of aryl methyl sites for hydroxylation is 1. The lowest BCUT2D eigenvalue weighted by Crippen LogP contribution is -2.11. The predicted octanol–water partition coefficient (Wildman–Crippen LogP) is 3.78. The Morgan fingerprint density at radius 3 is 2.81 bits per heavy atom. The number of carbonyl (C=O) groups is 1. The Hall–Kier alpha value is -1.33. The van der Waals surface area contributed by atoms with Crippen LogP contribution in [-0.2, 0) is 11.3 Å². The van der Waals surface area contributed by atoms with Gasteiger partial charge in [-0.05, 0) is 25.8 Å². The minimum absolute atomic E-state index is 0.0367. The number of benzene rings is 1. The summed E-state index contributed by atoms with van der Waals surface area (Å²) < 4.78 is 15.5. The lowest BCUT2D eigenvalue weighted by atomic mass is 10.2. The van der Waals surface area contributed by atoms with Gasteiger partial charge in [0.15, 0.2) is 0 Å². The van der Waals surface area contributed by atoms with E-state index in [-0.39, 0.29) is 16.3 Å². The first-order chi connectivity index (χ1) is 9.90. The molecular weight excluding hydrogens is 316 g/mol. The first-order valence-corrected chi connectivity index (χ1v) is 7.49. The maximum Gasteiger partial charge on any atom is 0.217 e. The lowest BCUT2D eigenvalue weighted by molar-refractivity contribution is -0.118. The molecule has 1 aromatic carbocycles. The van der Waals surface area contributed by atoms with Crippen LogP contribution < -0.4 is 5.73 Å². The molecule has 0 saturated heterocycles. The summed E-state index contributed by atoms with van der Waals surface area (Å²) in [5.74, 6) is -0.155. The van der Waals surface area contributed by atoms with Crippen molar-refractivity contribution in [2.45, 2.75) is 38.1 Å². The second-order valence-corrected chi connectivity index (χ2v) is 5.98. The summed E-state index contributed by atoms with van der Waals surface area (Å²) in [6.07, 6.45) is 1.73. The molecule has 2 N–H and O–H groups in total. The van der Waals surface area contributed by atoms with Crippen LogP contribution >= 0.6 is 23.2 Å². The Bertz CT molecular complexity index is 670. The van der Waals surface area contributed by atoms with E-state index in [1.54, 1.807) is 6.92 Å². The molecule has 0 bridgehead atoms. The van der Waals surface area contributed by atoms with Gasteiger partial charge < -0.3 is 10.3 Å². The number of amides is 1. The summed E-state index contributed by atoms with van der Waals surface area (Å²) in [5.41, 5.74) is 6.38. The van der Waals surface area contributed by atoms with E-state index in [1.165, 1.54) is 12.1 Å². The van der Waals surface area contributed by atoms with Crippen LogP contribution in [0.15, 0.2) is 12.1 Å². The maximum absolute atomic E-state index is 13.7. The standard InChI is InChI=1S/C14H16Cl2FN3O/c1-8(15)14-19-11-6-9(16)10(17)7-12(11)20(14)5-3-2-4-13(18)21/h6-8H,2-5H2,1H3,(H2,18,21). The third-order valence-electron chi connectivity index (χ3n) is 3.23. The normalized spacial score (nSPS) is 12.8. The molecule has 0 aliphatic carbocycles. The highest BCUT2D eigenvalue weighted by Crippen LogP contribution is 2.28. The van der Waals surface area contributed by atoms with Gasteiger partial charge in [-0.3, -0.25) is 4.79 Å². The Morgan fingerprint density at radius 1 is 1.48 bits per heavy atom. The number of hydrogen-bond donors (Lipinski definition) is 1. The number of carbonyl (C=O) groups excluding carboxylic acids is 1. The molecule has 1 aromatic heterocycles. The molecule has 114 valence electrons. The first kappa shape index (κ1) is 16.0. The van der Waals surface area contributed by atoms with Crippen molar-refractivity contribution >= 4 is 40.1 Å². The topological polar surface area (TPSA) is 60.9 Å². The number of halogens is 3. The largest absolute Gasteiger partial charge is 0.370 e. The highest BCUT2D eigenvalue weighted by Gasteiger charge is 2.16. The van der Waals surface area contributed by atoms with E-state index in [1.807, 2.05) is 4.57 Å². The SMILES string of the molecule is CC(Cl)c1nc2cc(Cl)c(F)cc2n1CCCCC(N)=O. The van der Waals surface area contributed by atoms with Gasteiger partial charge >= 0.3 is 0 Å². The highest BCUT2D eigenvalue weighted by atomic mass is 35.5. The number of fused-ring (bicyclic) bond motifs is 1. The minimum Gasteiger partial charge on any atom is -0.370 e. The average Bonchev–Trinajstić information content (AvgIpc) is 2.73. The van der Waals surface area contributed by atoms with Gasteiger partial charge in [-0.1, -0.05) is 11.6 Å². The Balaban J connectivity index is 2.32. The van der Waals surface area contributed by atoms with E-state index < -0.39 is 5.82 Å². The Morgan fingerprint density at radius 2 is 2.19 bits per heavy atom. The zero-order valence-electron chi connectivity index (χ0n) is 11.6. The molecule has 1 atom stereocenters. The number of imidazole rings is 1.